The number of carbonyl (C=O) groups excluding carboxylic acids is 3. The third-order valence-electron chi connectivity index (χ3n) is 6.08. The van der Waals surface area contributed by atoms with Crippen LogP contribution in [0.3, 0.4) is 0 Å². The van der Waals surface area contributed by atoms with Gasteiger partial charge in [0.25, 0.3) is 0 Å². The standard InChI is InChI=1S/C24H23N3O3S2/c1-14-7-9-15(10-8-14)27-20(29)12-11-16(21(27)19-6-3-13-31-19)23(30)26-24-25-17-4-2-5-18(28)22(17)32-24/h3,6-10,13,16,21H,2,4-5,11-12H2,1H3,(H,25,26,30). The Balaban J connectivity index is 1.46. The number of hydrogen-bond donors (Lipinski definition) is 1. The van der Waals surface area contributed by atoms with Crippen LogP contribution >= 0.6 is 22.7 Å². The van der Waals surface area contributed by atoms with E-state index in [2.05, 4.69) is 10.3 Å². The minimum Gasteiger partial charge on any atom is -0.303 e. The number of hydrogen-bond acceptors (Lipinski definition) is 6. The molecule has 2 aromatic heterocycles. The van der Waals surface area contributed by atoms with Crippen LogP contribution in [0.1, 0.15) is 57.5 Å². The van der Waals surface area contributed by atoms with Crippen LogP contribution < -0.4 is 10.2 Å². The molecule has 3 heterocycles. The van der Waals surface area contributed by atoms with Gasteiger partial charge in [-0.2, -0.15) is 0 Å². The molecule has 6 nitrogen and oxygen atoms in total. The molecular formula is C24H23N3O3S2. The number of aryl methyl sites for hydroxylation is 2. The van der Waals surface area contributed by atoms with E-state index < -0.39 is 5.92 Å². The van der Waals surface area contributed by atoms with Crippen molar-refractivity contribution in [2.24, 2.45) is 5.92 Å². The Kier molecular flexibility index (Phi) is 5.65. The van der Waals surface area contributed by atoms with Crippen molar-refractivity contribution in [1.82, 2.24) is 4.98 Å². The van der Waals surface area contributed by atoms with Crippen LogP contribution in [0.15, 0.2) is 41.8 Å². The normalized spacial score (nSPS) is 20.8. The molecule has 1 aliphatic carbocycles. The third-order valence-corrected chi connectivity index (χ3v) is 8.08. The zero-order valence-corrected chi connectivity index (χ0v) is 19.3. The zero-order chi connectivity index (χ0) is 22.2. The minimum atomic E-state index is -0.413. The van der Waals surface area contributed by atoms with Gasteiger partial charge in [-0.05, 0) is 49.8 Å². The van der Waals surface area contributed by atoms with Crippen molar-refractivity contribution in [1.29, 1.82) is 0 Å². The summed E-state index contributed by atoms with van der Waals surface area (Å²) >= 11 is 2.81. The number of anilines is 2. The van der Waals surface area contributed by atoms with Gasteiger partial charge in [-0.25, -0.2) is 4.98 Å². The quantitative estimate of drug-likeness (QED) is 0.578. The lowest BCUT2D eigenvalue weighted by Crippen LogP contribution is -2.46. The van der Waals surface area contributed by atoms with E-state index in [1.807, 2.05) is 48.7 Å². The number of carbonyl (C=O) groups is 3. The summed E-state index contributed by atoms with van der Waals surface area (Å²) in [6, 6.07) is 11.4. The number of fused-ring (bicyclic) bond motifs is 1. The number of thiazole rings is 1. The van der Waals surface area contributed by atoms with Gasteiger partial charge in [-0.15, -0.1) is 11.3 Å². The largest absolute Gasteiger partial charge is 0.303 e. The molecule has 1 saturated heterocycles. The molecule has 0 saturated carbocycles. The van der Waals surface area contributed by atoms with Gasteiger partial charge in [0.15, 0.2) is 10.9 Å². The first-order valence-electron chi connectivity index (χ1n) is 10.8. The Bertz CT molecular complexity index is 1170. The highest BCUT2D eigenvalue weighted by molar-refractivity contribution is 7.17. The van der Waals surface area contributed by atoms with E-state index in [1.165, 1.54) is 11.3 Å². The summed E-state index contributed by atoms with van der Waals surface area (Å²) in [4.78, 5) is 46.6. The molecule has 1 fully saturated rings. The van der Waals surface area contributed by atoms with Gasteiger partial charge < -0.3 is 10.2 Å². The number of rotatable bonds is 4. The lowest BCUT2D eigenvalue weighted by atomic mass is 9.86. The number of ketones is 1. The van der Waals surface area contributed by atoms with Crippen molar-refractivity contribution in [2.45, 2.75) is 45.1 Å². The van der Waals surface area contributed by atoms with Gasteiger partial charge in [-0.1, -0.05) is 35.1 Å². The Labute approximate surface area is 194 Å². The van der Waals surface area contributed by atoms with Crippen molar-refractivity contribution < 1.29 is 14.4 Å². The van der Waals surface area contributed by atoms with Crippen molar-refractivity contribution in [3.63, 3.8) is 0 Å². The number of aromatic nitrogens is 1. The Morgan fingerprint density at radius 2 is 1.94 bits per heavy atom. The van der Waals surface area contributed by atoms with E-state index in [9.17, 15) is 14.4 Å². The lowest BCUT2D eigenvalue weighted by molar-refractivity contribution is -0.125. The van der Waals surface area contributed by atoms with Crippen molar-refractivity contribution >= 4 is 51.1 Å². The van der Waals surface area contributed by atoms with Crippen LogP contribution in [0.4, 0.5) is 10.8 Å². The van der Waals surface area contributed by atoms with Gasteiger partial charge in [-0.3, -0.25) is 14.4 Å². The second-order valence-corrected chi connectivity index (χ2v) is 10.2. The molecule has 164 valence electrons. The van der Waals surface area contributed by atoms with Gasteiger partial charge in [0, 0.05) is 23.4 Å². The fourth-order valence-electron chi connectivity index (χ4n) is 4.48. The SMILES string of the molecule is Cc1ccc(N2C(=O)CCC(C(=O)Nc3nc4c(s3)C(=O)CCC4)C2c2cccs2)cc1. The van der Waals surface area contributed by atoms with E-state index in [1.54, 1.807) is 16.2 Å². The van der Waals surface area contributed by atoms with E-state index >= 15 is 0 Å². The number of nitrogens with one attached hydrogen (secondary N) is 1. The molecule has 2 amide bonds. The summed E-state index contributed by atoms with van der Waals surface area (Å²) in [7, 11) is 0. The molecule has 2 atom stereocenters. The highest BCUT2D eigenvalue weighted by Gasteiger charge is 2.42. The number of amides is 2. The van der Waals surface area contributed by atoms with E-state index in [0.29, 0.717) is 29.3 Å². The maximum atomic E-state index is 13.4. The minimum absolute atomic E-state index is 0.0200. The molecule has 1 N–H and O–H groups in total. The molecule has 2 unspecified atom stereocenters. The Morgan fingerprint density at radius 3 is 2.66 bits per heavy atom. The maximum Gasteiger partial charge on any atom is 0.231 e. The molecule has 3 aromatic rings. The van der Waals surface area contributed by atoms with Gasteiger partial charge in [0.1, 0.15) is 0 Å². The maximum absolute atomic E-state index is 13.4. The predicted molar refractivity (Wildman–Crippen MR) is 126 cm³/mol. The van der Waals surface area contributed by atoms with Crippen LogP contribution in [-0.2, 0) is 16.0 Å². The number of benzene rings is 1. The fraction of sp³-hybridized carbons (Fsp3) is 0.333. The Hall–Kier alpha value is -2.84. The molecule has 2 aliphatic rings. The van der Waals surface area contributed by atoms with E-state index in [0.717, 1.165) is 34.7 Å². The fourth-order valence-corrected chi connectivity index (χ4v) is 6.35. The lowest BCUT2D eigenvalue weighted by Gasteiger charge is -2.40. The topological polar surface area (TPSA) is 79.4 Å². The number of nitrogens with zero attached hydrogens (tertiary/aromatic N) is 2. The Morgan fingerprint density at radius 1 is 1.12 bits per heavy atom. The summed E-state index contributed by atoms with van der Waals surface area (Å²) < 4.78 is 0. The van der Waals surface area contributed by atoms with Crippen molar-refractivity contribution in [3.8, 4) is 0 Å². The number of thiophene rings is 1. The smallest absolute Gasteiger partial charge is 0.231 e. The second-order valence-electron chi connectivity index (χ2n) is 8.27. The molecule has 0 radical (unpaired) electrons. The van der Waals surface area contributed by atoms with Crippen LogP contribution in [0.5, 0.6) is 0 Å². The molecule has 32 heavy (non-hydrogen) atoms. The average Bonchev–Trinajstić information content (AvgIpc) is 3.45. The molecule has 0 bridgehead atoms. The van der Waals surface area contributed by atoms with Crippen molar-refractivity contribution in [2.75, 3.05) is 10.2 Å². The summed E-state index contributed by atoms with van der Waals surface area (Å²) in [5, 5.41) is 5.40. The summed E-state index contributed by atoms with van der Waals surface area (Å²) in [6.07, 6.45) is 2.89. The zero-order valence-electron chi connectivity index (χ0n) is 17.7. The third kappa shape index (κ3) is 3.89. The monoisotopic (exact) mass is 465 g/mol. The molecule has 1 aromatic carbocycles. The van der Waals surface area contributed by atoms with Gasteiger partial charge >= 0.3 is 0 Å². The van der Waals surface area contributed by atoms with Crippen LogP contribution in [0, 0.1) is 12.8 Å². The molecular weight excluding hydrogens is 442 g/mol. The molecule has 1 aliphatic heterocycles. The highest BCUT2D eigenvalue weighted by Crippen LogP contribution is 2.42. The highest BCUT2D eigenvalue weighted by atomic mass is 32.1. The predicted octanol–water partition coefficient (Wildman–Crippen LogP) is 5.16. The first kappa shape index (κ1) is 21.0. The summed E-state index contributed by atoms with van der Waals surface area (Å²) in [5.41, 5.74) is 2.70. The molecule has 0 spiro atoms. The van der Waals surface area contributed by atoms with Gasteiger partial charge in [0.2, 0.25) is 11.8 Å². The van der Waals surface area contributed by atoms with Crippen LogP contribution in [0.2, 0.25) is 0 Å². The average molecular weight is 466 g/mol. The summed E-state index contributed by atoms with van der Waals surface area (Å²) in [6.45, 7) is 2.01. The number of Topliss-reactive ketones (excluding diaryl/α,β-unsaturated/α-hetero) is 1. The number of piperidine rings is 1. The van der Waals surface area contributed by atoms with Crippen LogP contribution in [0.25, 0.3) is 0 Å². The summed E-state index contributed by atoms with van der Waals surface area (Å²) in [5.74, 6) is -0.447. The second kappa shape index (κ2) is 8.60. The first-order chi connectivity index (χ1) is 15.5. The van der Waals surface area contributed by atoms with Crippen LogP contribution in [-0.4, -0.2) is 22.6 Å². The molecule has 8 heteroatoms. The van der Waals surface area contributed by atoms with E-state index in [-0.39, 0.29) is 23.6 Å². The van der Waals surface area contributed by atoms with Crippen molar-refractivity contribution in [3.05, 3.63) is 62.8 Å². The van der Waals surface area contributed by atoms with E-state index in [4.69, 9.17) is 0 Å². The van der Waals surface area contributed by atoms with Gasteiger partial charge in [0.05, 0.1) is 22.5 Å². The first-order valence-corrected chi connectivity index (χ1v) is 12.5. The molecule has 5 rings (SSSR count).